The summed E-state index contributed by atoms with van der Waals surface area (Å²) >= 11 is 3.93. The summed E-state index contributed by atoms with van der Waals surface area (Å²) in [5, 5.41) is 35.8. The number of nitrogens with one attached hydrogen (secondary N) is 4. The molecule has 9 N–H and O–H groups in total. The van der Waals surface area contributed by atoms with E-state index in [1.165, 1.54) is 31.6 Å². The van der Waals surface area contributed by atoms with Gasteiger partial charge in [0.1, 0.15) is 29.9 Å². The van der Waals surface area contributed by atoms with Gasteiger partial charge in [-0.05, 0) is 24.6 Å². The molecule has 196 valence electrons. The van der Waals surface area contributed by atoms with Gasteiger partial charge >= 0.3 is 5.97 Å². The number of aliphatic hydroxyl groups is 1. The first-order valence-corrected chi connectivity index (χ1v) is 11.6. The summed E-state index contributed by atoms with van der Waals surface area (Å²) in [6, 6.07) is 0.834. The number of amides is 3. The number of aromatic nitrogens is 2. The highest BCUT2D eigenvalue weighted by molar-refractivity contribution is 7.80. The van der Waals surface area contributed by atoms with Crippen molar-refractivity contribution in [2.45, 2.75) is 50.0 Å². The van der Waals surface area contributed by atoms with Crippen LogP contribution >= 0.6 is 12.6 Å². The number of aromatic amines is 1. The number of aromatic hydroxyl groups is 1. The summed E-state index contributed by atoms with van der Waals surface area (Å²) in [7, 11) is 0. The maximum absolute atomic E-state index is 13.2. The number of phenolic OH excluding ortho intramolecular Hbond substituents is 1. The molecule has 0 bridgehead atoms. The average Bonchev–Trinajstić information content (AvgIpc) is 3.35. The molecule has 2 rings (SSSR count). The van der Waals surface area contributed by atoms with Gasteiger partial charge in [0, 0.05) is 30.5 Å². The van der Waals surface area contributed by atoms with Crippen molar-refractivity contribution >= 4 is 36.3 Å². The van der Waals surface area contributed by atoms with Crippen LogP contribution < -0.4 is 21.7 Å². The Morgan fingerprint density at radius 3 is 2.06 bits per heavy atom. The van der Waals surface area contributed by atoms with Crippen LogP contribution in [0.4, 0.5) is 0 Å². The Kier molecular flexibility index (Phi) is 10.7. The number of benzene rings is 1. The Labute approximate surface area is 212 Å². The highest BCUT2D eigenvalue weighted by atomic mass is 32.1. The smallest absolute Gasteiger partial charge is 0.327 e. The van der Waals surface area contributed by atoms with E-state index in [-0.39, 0.29) is 24.3 Å². The fraction of sp³-hybridized carbons (Fsp3) is 0.409. The van der Waals surface area contributed by atoms with Crippen molar-refractivity contribution in [3.05, 3.63) is 48.0 Å². The van der Waals surface area contributed by atoms with Crippen LogP contribution in [0.15, 0.2) is 36.8 Å². The predicted octanol–water partition coefficient (Wildman–Crippen LogP) is -1.92. The van der Waals surface area contributed by atoms with E-state index >= 15 is 0 Å². The van der Waals surface area contributed by atoms with Crippen molar-refractivity contribution in [3.63, 3.8) is 0 Å². The van der Waals surface area contributed by atoms with Gasteiger partial charge in [-0.15, -0.1) is 0 Å². The van der Waals surface area contributed by atoms with Gasteiger partial charge in [-0.3, -0.25) is 14.4 Å². The summed E-state index contributed by atoms with van der Waals surface area (Å²) in [6.07, 6.45) is 1.58. The summed E-state index contributed by atoms with van der Waals surface area (Å²) in [6.45, 7) is 1.33. The predicted molar refractivity (Wildman–Crippen MR) is 131 cm³/mol. The minimum atomic E-state index is -1.30. The standard InChI is InChI=1S/C22H30N6O7S/c1-11(29)18(23)21(33)27-16(7-13-8-24-10-25-13)20(32)26-15(6-12-2-4-14(30)5-3-12)19(31)28-17(9-36)22(34)35/h2-5,8,10-11,15-18,29-30,36H,6-7,9,23H2,1H3,(H,24,25)(H,26,32)(H,27,33)(H,28,31)(H,34,35). The number of carboxylic acid groups (broad SMARTS) is 1. The van der Waals surface area contributed by atoms with Gasteiger partial charge in [-0.25, -0.2) is 9.78 Å². The molecular weight excluding hydrogens is 492 g/mol. The Balaban J connectivity index is 2.28. The monoisotopic (exact) mass is 522 g/mol. The van der Waals surface area contributed by atoms with Crippen molar-refractivity contribution in [1.82, 2.24) is 25.9 Å². The summed E-state index contributed by atoms with van der Waals surface area (Å²) in [4.78, 5) is 56.7. The third-order valence-electron chi connectivity index (χ3n) is 5.24. The van der Waals surface area contributed by atoms with Gasteiger partial charge in [0.2, 0.25) is 17.7 Å². The first kappa shape index (κ1) is 28.6. The number of nitrogens with zero attached hydrogens (tertiary/aromatic N) is 1. The molecule has 13 nitrogen and oxygen atoms in total. The zero-order valence-corrected chi connectivity index (χ0v) is 20.3. The number of carbonyl (C=O) groups is 4. The quantitative estimate of drug-likeness (QED) is 0.134. The van der Waals surface area contributed by atoms with Crippen LogP contribution in [0.3, 0.4) is 0 Å². The number of aliphatic carboxylic acids is 1. The number of hydrogen-bond donors (Lipinski definition) is 9. The molecule has 14 heteroatoms. The number of rotatable bonds is 13. The number of phenols is 1. The lowest BCUT2D eigenvalue weighted by Gasteiger charge is -2.25. The molecule has 0 aliphatic carbocycles. The third kappa shape index (κ3) is 8.55. The molecule has 0 aliphatic rings. The Morgan fingerprint density at radius 2 is 1.56 bits per heavy atom. The van der Waals surface area contributed by atoms with Crippen molar-refractivity contribution in [1.29, 1.82) is 0 Å². The molecule has 1 aromatic heterocycles. The third-order valence-corrected chi connectivity index (χ3v) is 5.61. The average molecular weight is 523 g/mol. The van der Waals surface area contributed by atoms with Gasteiger partial charge in [-0.1, -0.05) is 12.1 Å². The van der Waals surface area contributed by atoms with E-state index in [1.54, 1.807) is 12.1 Å². The van der Waals surface area contributed by atoms with Crippen molar-refractivity contribution in [3.8, 4) is 5.75 Å². The number of nitrogens with two attached hydrogens (primary N) is 1. The van der Waals surface area contributed by atoms with Crippen molar-refractivity contribution in [2.75, 3.05) is 5.75 Å². The largest absolute Gasteiger partial charge is 0.508 e. The minimum Gasteiger partial charge on any atom is -0.508 e. The van der Waals surface area contributed by atoms with E-state index in [0.717, 1.165) is 0 Å². The number of hydrogen-bond acceptors (Lipinski definition) is 9. The molecule has 1 heterocycles. The number of imidazole rings is 1. The van der Waals surface area contributed by atoms with E-state index in [4.69, 9.17) is 5.73 Å². The lowest BCUT2D eigenvalue weighted by Crippen LogP contribution is -2.59. The Morgan fingerprint density at radius 1 is 1.00 bits per heavy atom. The summed E-state index contributed by atoms with van der Waals surface area (Å²) in [5.74, 6) is -3.81. The van der Waals surface area contributed by atoms with Gasteiger partial charge in [0.25, 0.3) is 0 Å². The molecule has 1 aromatic carbocycles. The second-order valence-electron chi connectivity index (χ2n) is 8.12. The number of H-pyrrole nitrogens is 1. The topological polar surface area (TPSA) is 220 Å². The van der Waals surface area contributed by atoms with Gasteiger partial charge in [0.05, 0.1) is 12.4 Å². The molecule has 3 amide bonds. The molecule has 5 atom stereocenters. The van der Waals surface area contributed by atoms with Crippen LogP contribution in [-0.4, -0.2) is 85.0 Å². The highest BCUT2D eigenvalue weighted by Gasteiger charge is 2.31. The van der Waals surface area contributed by atoms with E-state index in [0.29, 0.717) is 11.3 Å². The maximum atomic E-state index is 13.2. The fourth-order valence-corrected chi connectivity index (χ4v) is 3.37. The van der Waals surface area contributed by atoms with Crippen LogP contribution in [-0.2, 0) is 32.0 Å². The molecule has 0 radical (unpaired) electrons. The molecule has 2 aromatic rings. The molecule has 0 fully saturated rings. The van der Waals surface area contributed by atoms with E-state index in [9.17, 15) is 34.5 Å². The summed E-state index contributed by atoms with van der Waals surface area (Å²) in [5.41, 5.74) is 6.75. The maximum Gasteiger partial charge on any atom is 0.327 e. The second-order valence-corrected chi connectivity index (χ2v) is 8.49. The van der Waals surface area contributed by atoms with E-state index in [2.05, 4.69) is 38.5 Å². The van der Waals surface area contributed by atoms with Crippen molar-refractivity contribution in [2.24, 2.45) is 5.73 Å². The number of thiol groups is 1. The number of carbonyl (C=O) groups excluding carboxylic acids is 3. The van der Waals surface area contributed by atoms with Gasteiger partial charge in [-0.2, -0.15) is 12.6 Å². The fourth-order valence-electron chi connectivity index (χ4n) is 3.12. The van der Waals surface area contributed by atoms with Crippen LogP contribution in [0.5, 0.6) is 5.75 Å². The first-order chi connectivity index (χ1) is 17.0. The van der Waals surface area contributed by atoms with E-state index < -0.39 is 54.0 Å². The van der Waals surface area contributed by atoms with Gasteiger partial charge < -0.3 is 42.0 Å². The SMILES string of the molecule is CC(O)C(N)C(=O)NC(Cc1cnc[nH]1)C(=O)NC(Cc1ccc(O)cc1)C(=O)NC(CS)C(=O)O. The molecule has 0 saturated heterocycles. The Hall–Kier alpha value is -3.62. The van der Waals surface area contributed by atoms with Gasteiger partial charge in [0.15, 0.2) is 0 Å². The zero-order chi connectivity index (χ0) is 26.8. The van der Waals surface area contributed by atoms with Crippen LogP contribution in [0.1, 0.15) is 18.2 Å². The molecule has 0 aliphatic heterocycles. The van der Waals surface area contributed by atoms with Crippen molar-refractivity contribution < 1.29 is 34.5 Å². The number of carboxylic acids is 1. The van der Waals surface area contributed by atoms with E-state index in [1.807, 2.05) is 0 Å². The minimum absolute atomic E-state index is 0.00147. The van der Waals surface area contributed by atoms with Crippen LogP contribution in [0, 0.1) is 0 Å². The summed E-state index contributed by atoms with van der Waals surface area (Å²) < 4.78 is 0. The normalized spacial score (nSPS) is 15.1. The zero-order valence-electron chi connectivity index (χ0n) is 19.4. The molecule has 5 unspecified atom stereocenters. The van der Waals surface area contributed by atoms with Crippen LogP contribution in [0.2, 0.25) is 0 Å². The first-order valence-electron chi connectivity index (χ1n) is 10.9. The number of aliphatic hydroxyl groups excluding tert-OH is 1. The lowest BCUT2D eigenvalue weighted by molar-refractivity contribution is -0.141. The van der Waals surface area contributed by atoms with Crippen LogP contribution in [0.25, 0.3) is 0 Å². The molecular formula is C22H30N6O7S. The lowest BCUT2D eigenvalue weighted by atomic mass is 10.0. The highest BCUT2D eigenvalue weighted by Crippen LogP contribution is 2.12. The molecule has 0 spiro atoms. The second kappa shape index (κ2) is 13.5. The molecule has 0 saturated carbocycles. The Bertz CT molecular complexity index is 1030. The molecule has 36 heavy (non-hydrogen) atoms.